The Morgan fingerprint density at radius 3 is 2.81 bits per heavy atom. The number of carbonyl (C=O) groups is 2. The van der Waals surface area contributed by atoms with Crippen molar-refractivity contribution >= 4 is 29.2 Å². The van der Waals surface area contributed by atoms with E-state index in [4.69, 9.17) is 22.1 Å². The highest BCUT2D eigenvalue weighted by molar-refractivity contribution is 6.32. The number of primary amides is 1. The third kappa shape index (κ3) is 3.68. The zero-order chi connectivity index (χ0) is 19.7. The first kappa shape index (κ1) is 19.0. The van der Waals surface area contributed by atoms with Crippen LogP contribution in [0.25, 0.3) is 0 Å². The van der Waals surface area contributed by atoms with Gasteiger partial charge in [0.15, 0.2) is 5.75 Å². The van der Waals surface area contributed by atoms with Crippen LogP contribution in [-0.2, 0) is 17.6 Å². The number of aryl methyl sites for hydroxylation is 1. The summed E-state index contributed by atoms with van der Waals surface area (Å²) in [6.45, 7) is 1.95. The number of hydrogen-bond acceptors (Lipinski definition) is 3. The van der Waals surface area contributed by atoms with E-state index in [1.165, 1.54) is 23.1 Å². The first-order valence-electron chi connectivity index (χ1n) is 8.43. The number of fused-ring (bicyclic) bond motifs is 1. The number of halogens is 2. The molecule has 0 saturated heterocycles. The minimum absolute atomic E-state index is 0.165. The van der Waals surface area contributed by atoms with Crippen LogP contribution < -0.4 is 20.7 Å². The Labute approximate surface area is 161 Å². The van der Waals surface area contributed by atoms with Gasteiger partial charge in [0, 0.05) is 19.5 Å². The smallest absolute Gasteiger partial charge is 0.312 e. The van der Waals surface area contributed by atoms with E-state index in [0.29, 0.717) is 17.9 Å². The first-order valence-corrected chi connectivity index (χ1v) is 8.80. The molecule has 3 N–H and O–H groups in total. The molecule has 8 heteroatoms. The van der Waals surface area contributed by atoms with Crippen molar-refractivity contribution in [2.75, 3.05) is 11.9 Å². The van der Waals surface area contributed by atoms with Gasteiger partial charge in [-0.3, -0.25) is 4.79 Å². The monoisotopic (exact) mass is 391 g/mol. The number of nitrogens with zero attached hydrogens (tertiary/aromatic N) is 1. The average Bonchev–Trinajstić information content (AvgIpc) is 2.62. The van der Waals surface area contributed by atoms with Crippen LogP contribution in [0.5, 0.6) is 11.5 Å². The molecular weight excluding hydrogens is 373 g/mol. The zero-order valence-corrected chi connectivity index (χ0v) is 15.6. The van der Waals surface area contributed by atoms with E-state index in [1.54, 1.807) is 7.05 Å². The number of carbonyl (C=O) groups excluding carboxylic acids is 2. The molecule has 0 saturated carbocycles. The number of ether oxygens (including phenoxy) is 1. The molecule has 1 atom stereocenters. The molecule has 1 aliphatic heterocycles. The molecular formula is C19H19ClFN3O3. The van der Waals surface area contributed by atoms with Crippen molar-refractivity contribution in [1.29, 1.82) is 0 Å². The maximum absolute atomic E-state index is 13.6. The normalized spacial score (nSPS) is 16.1. The van der Waals surface area contributed by atoms with Gasteiger partial charge in [-0.05, 0) is 29.7 Å². The number of urea groups is 1. The van der Waals surface area contributed by atoms with Crippen molar-refractivity contribution in [2.24, 2.45) is 5.73 Å². The molecule has 3 rings (SSSR count). The van der Waals surface area contributed by atoms with Crippen molar-refractivity contribution in [3.63, 3.8) is 0 Å². The number of likely N-dealkylation sites (N-methyl/N-ethyl adjacent to an activating group) is 1. The standard InChI is InChI=1S/C19H19ClFN3O3/c1-3-10-4-5-11-8-14(23-19(22)26)18(25)24(2)16(11)17(10)27-15-9-12(21)6-7-13(15)20/h4-7,9,14H,3,8H2,1-2H3,(H3,22,23,26)/t14-/m1/s1. The molecule has 0 aliphatic carbocycles. The van der Waals surface area contributed by atoms with Gasteiger partial charge in [0.2, 0.25) is 5.91 Å². The number of amides is 3. The van der Waals surface area contributed by atoms with E-state index in [9.17, 15) is 14.0 Å². The summed E-state index contributed by atoms with van der Waals surface area (Å²) in [7, 11) is 1.59. The van der Waals surface area contributed by atoms with Crippen LogP contribution in [0, 0.1) is 5.82 Å². The Morgan fingerprint density at radius 1 is 1.41 bits per heavy atom. The number of rotatable bonds is 4. The van der Waals surface area contributed by atoms with Gasteiger partial charge in [0.05, 0.1) is 10.7 Å². The van der Waals surface area contributed by atoms with Crippen LogP contribution in [0.1, 0.15) is 18.1 Å². The van der Waals surface area contributed by atoms with E-state index in [1.807, 2.05) is 19.1 Å². The number of benzene rings is 2. The van der Waals surface area contributed by atoms with Crippen molar-refractivity contribution in [2.45, 2.75) is 25.8 Å². The van der Waals surface area contributed by atoms with Gasteiger partial charge in [-0.2, -0.15) is 0 Å². The lowest BCUT2D eigenvalue weighted by Crippen LogP contribution is -2.53. The van der Waals surface area contributed by atoms with Gasteiger partial charge < -0.3 is 20.7 Å². The minimum Gasteiger partial charge on any atom is -0.453 e. The van der Waals surface area contributed by atoms with Gasteiger partial charge in [-0.15, -0.1) is 0 Å². The zero-order valence-electron chi connectivity index (χ0n) is 14.9. The fourth-order valence-corrected chi connectivity index (χ4v) is 3.34. The van der Waals surface area contributed by atoms with Crippen molar-refractivity contribution in [1.82, 2.24) is 5.32 Å². The van der Waals surface area contributed by atoms with Crippen molar-refractivity contribution in [3.8, 4) is 11.5 Å². The molecule has 1 heterocycles. The number of nitrogens with one attached hydrogen (secondary N) is 1. The van der Waals surface area contributed by atoms with Crippen LogP contribution in [0.15, 0.2) is 30.3 Å². The molecule has 142 valence electrons. The summed E-state index contributed by atoms with van der Waals surface area (Å²) >= 11 is 6.14. The molecule has 0 unspecified atom stereocenters. The van der Waals surface area contributed by atoms with Gasteiger partial charge in [-0.1, -0.05) is 30.7 Å². The molecule has 0 radical (unpaired) electrons. The predicted molar refractivity (Wildman–Crippen MR) is 101 cm³/mol. The van der Waals surface area contributed by atoms with Crippen LogP contribution in [0.2, 0.25) is 5.02 Å². The maximum Gasteiger partial charge on any atom is 0.312 e. The Kier molecular flexibility index (Phi) is 5.23. The summed E-state index contributed by atoms with van der Waals surface area (Å²) in [6.07, 6.45) is 0.916. The molecule has 0 spiro atoms. The molecule has 2 aromatic carbocycles. The Bertz CT molecular complexity index is 919. The first-order chi connectivity index (χ1) is 12.8. The van der Waals surface area contributed by atoms with E-state index in [2.05, 4.69) is 5.32 Å². The van der Waals surface area contributed by atoms with Crippen LogP contribution in [0.3, 0.4) is 0 Å². The van der Waals surface area contributed by atoms with Crippen molar-refractivity contribution < 1.29 is 18.7 Å². The fraction of sp³-hybridized carbons (Fsp3) is 0.263. The number of hydrogen-bond donors (Lipinski definition) is 2. The lowest BCUT2D eigenvalue weighted by atomic mass is 9.94. The van der Waals surface area contributed by atoms with Crippen LogP contribution in [0.4, 0.5) is 14.9 Å². The third-order valence-electron chi connectivity index (χ3n) is 4.49. The summed E-state index contributed by atoms with van der Waals surface area (Å²) < 4.78 is 19.6. The second kappa shape index (κ2) is 7.44. The van der Waals surface area contributed by atoms with Crippen LogP contribution in [-0.4, -0.2) is 25.0 Å². The number of anilines is 1. The second-order valence-electron chi connectivity index (χ2n) is 6.25. The summed E-state index contributed by atoms with van der Waals surface area (Å²) in [6, 6.07) is 6.10. The molecule has 6 nitrogen and oxygen atoms in total. The van der Waals surface area contributed by atoms with Gasteiger partial charge >= 0.3 is 6.03 Å². The summed E-state index contributed by atoms with van der Waals surface area (Å²) in [5.41, 5.74) is 7.38. The molecule has 1 aliphatic rings. The fourth-order valence-electron chi connectivity index (χ4n) is 3.18. The minimum atomic E-state index is -0.765. The van der Waals surface area contributed by atoms with E-state index in [-0.39, 0.29) is 23.1 Å². The van der Waals surface area contributed by atoms with Crippen molar-refractivity contribution in [3.05, 3.63) is 52.3 Å². The summed E-state index contributed by atoms with van der Waals surface area (Å²) in [5, 5.41) is 2.71. The predicted octanol–water partition coefficient (Wildman–Crippen LogP) is 3.39. The molecule has 3 amide bonds. The molecule has 0 bridgehead atoms. The topological polar surface area (TPSA) is 84.7 Å². The Balaban J connectivity index is 2.09. The van der Waals surface area contributed by atoms with Gasteiger partial charge in [0.25, 0.3) is 0 Å². The van der Waals surface area contributed by atoms with E-state index < -0.39 is 17.9 Å². The highest BCUT2D eigenvalue weighted by Gasteiger charge is 2.34. The van der Waals surface area contributed by atoms with E-state index >= 15 is 0 Å². The van der Waals surface area contributed by atoms with Gasteiger partial charge in [0.1, 0.15) is 17.6 Å². The highest BCUT2D eigenvalue weighted by Crippen LogP contribution is 2.43. The Hall–Kier alpha value is -2.80. The number of nitrogens with two attached hydrogens (primary N) is 1. The largest absolute Gasteiger partial charge is 0.453 e. The highest BCUT2D eigenvalue weighted by atomic mass is 35.5. The van der Waals surface area contributed by atoms with Gasteiger partial charge in [-0.25, -0.2) is 9.18 Å². The average molecular weight is 392 g/mol. The quantitative estimate of drug-likeness (QED) is 0.837. The lowest BCUT2D eigenvalue weighted by molar-refractivity contribution is -0.120. The summed E-state index contributed by atoms with van der Waals surface area (Å²) in [5.74, 6) is -0.189. The lowest BCUT2D eigenvalue weighted by Gasteiger charge is -2.33. The summed E-state index contributed by atoms with van der Waals surface area (Å²) in [4.78, 5) is 25.3. The Morgan fingerprint density at radius 2 is 2.15 bits per heavy atom. The third-order valence-corrected chi connectivity index (χ3v) is 4.80. The molecule has 0 fully saturated rings. The molecule has 27 heavy (non-hydrogen) atoms. The SMILES string of the molecule is CCc1ccc2c(c1Oc1cc(F)ccc1Cl)N(C)C(=O)[C@H](NC(N)=O)C2. The van der Waals surface area contributed by atoms with E-state index in [0.717, 1.165) is 11.1 Å². The molecule has 2 aromatic rings. The molecule has 0 aromatic heterocycles. The second-order valence-corrected chi connectivity index (χ2v) is 6.66. The maximum atomic E-state index is 13.6. The van der Waals surface area contributed by atoms with Crippen LogP contribution >= 0.6 is 11.6 Å².